The highest BCUT2D eigenvalue weighted by Crippen LogP contribution is 2.28. The van der Waals surface area contributed by atoms with Gasteiger partial charge < -0.3 is 9.73 Å². The number of anilines is 1. The molecular weight excluding hydrogens is 335 g/mol. The molecule has 1 amide bonds. The normalized spacial score (nSPS) is 10.6. The standard InChI is InChI=1S/C17H12Cl2N2O2/c1-10-3-2-4-12(7-10)20-16(22)15-9-23-17(21-15)11-5-6-13(18)14(19)8-11/h2-9H,1H3,(H,20,22). The lowest BCUT2D eigenvalue weighted by Crippen LogP contribution is -2.12. The Morgan fingerprint density at radius 2 is 1.96 bits per heavy atom. The highest BCUT2D eigenvalue weighted by molar-refractivity contribution is 6.42. The minimum atomic E-state index is -0.342. The van der Waals surface area contributed by atoms with Crippen LogP contribution in [-0.2, 0) is 0 Å². The molecule has 0 aliphatic rings. The van der Waals surface area contributed by atoms with Crippen LogP contribution in [0.5, 0.6) is 0 Å². The summed E-state index contributed by atoms with van der Waals surface area (Å²) in [5, 5.41) is 3.62. The lowest BCUT2D eigenvalue weighted by Gasteiger charge is -2.03. The third kappa shape index (κ3) is 3.55. The third-order valence-electron chi connectivity index (χ3n) is 3.18. The van der Waals surface area contributed by atoms with Gasteiger partial charge in [-0.05, 0) is 42.8 Å². The number of carbonyl (C=O) groups is 1. The largest absolute Gasteiger partial charge is 0.444 e. The summed E-state index contributed by atoms with van der Waals surface area (Å²) in [5.41, 5.74) is 2.59. The number of aromatic nitrogens is 1. The maximum atomic E-state index is 12.2. The molecule has 0 saturated heterocycles. The highest BCUT2D eigenvalue weighted by Gasteiger charge is 2.14. The van der Waals surface area contributed by atoms with Gasteiger partial charge in [0.2, 0.25) is 5.89 Å². The van der Waals surface area contributed by atoms with E-state index in [1.807, 2.05) is 31.2 Å². The maximum Gasteiger partial charge on any atom is 0.277 e. The molecule has 1 N–H and O–H groups in total. The number of hydrogen-bond donors (Lipinski definition) is 1. The van der Waals surface area contributed by atoms with Gasteiger partial charge in [-0.15, -0.1) is 0 Å². The van der Waals surface area contributed by atoms with Crippen molar-refractivity contribution < 1.29 is 9.21 Å². The Labute approximate surface area is 143 Å². The monoisotopic (exact) mass is 346 g/mol. The Hall–Kier alpha value is -2.30. The fraction of sp³-hybridized carbons (Fsp3) is 0.0588. The molecule has 0 aliphatic heterocycles. The lowest BCUT2D eigenvalue weighted by molar-refractivity contribution is 0.102. The van der Waals surface area contributed by atoms with E-state index in [9.17, 15) is 4.79 Å². The lowest BCUT2D eigenvalue weighted by atomic mass is 10.2. The van der Waals surface area contributed by atoms with Crippen LogP contribution in [0.4, 0.5) is 5.69 Å². The van der Waals surface area contributed by atoms with E-state index >= 15 is 0 Å². The molecule has 0 saturated carbocycles. The van der Waals surface area contributed by atoms with Crippen LogP contribution in [-0.4, -0.2) is 10.9 Å². The molecular formula is C17H12Cl2N2O2. The summed E-state index contributed by atoms with van der Waals surface area (Å²) in [7, 11) is 0. The van der Waals surface area contributed by atoms with Gasteiger partial charge >= 0.3 is 0 Å². The van der Waals surface area contributed by atoms with Crippen LogP contribution in [0.1, 0.15) is 16.1 Å². The van der Waals surface area contributed by atoms with Gasteiger partial charge in [-0.1, -0.05) is 35.3 Å². The van der Waals surface area contributed by atoms with Gasteiger partial charge in [-0.25, -0.2) is 4.98 Å². The van der Waals surface area contributed by atoms with Crippen LogP contribution in [0.15, 0.2) is 53.1 Å². The molecule has 0 atom stereocenters. The highest BCUT2D eigenvalue weighted by atomic mass is 35.5. The van der Waals surface area contributed by atoms with E-state index in [2.05, 4.69) is 10.3 Å². The van der Waals surface area contributed by atoms with Crippen LogP contribution in [0, 0.1) is 6.92 Å². The number of oxazole rings is 1. The van der Waals surface area contributed by atoms with Crippen molar-refractivity contribution in [1.29, 1.82) is 0 Å². The minimum Gasteiger partial charge on any atom is -0.444 e. The van der Waals surface area contributed by atoms with Gasteiger partial charge in [0, 0.05) is 11.3 Å². The fourth-order valence-electron chi connectivity index (χ4n) is 2.06. The Morgan fingerprint density at radius 3 is 2.70 bits per heavy atom. The first-order valence-electron chi connectivity index (χ1n) is 6.82. The second-order valence-corrected chi connectivity index (χ2v) is 5.80. The molecule has 116 valence electrons. The maximum absolute atomic E-state index is 12.2. The van der Waals surface area contributed by atoms with Crippen LogP contribution in [0.2, 0.25) is 10.0 Å². The van der Waals surface area contributed by atoms with E-state index < -0.39 is 0 Å². The Kier molecular flexibility index (Phi) is 4.37. The van der Waals surface area contributed by atoms with Gasteiger partial charge in [0.25, 0.3) is 5.91 Å². The molecule has 6 heteroatoms. The molecule has 3 rings (SSSR count). The molecule has 0 bridgehead atoms. The summed E-state index contributed by atoms with van der Waals surface area (Å²) < 4.78 is 5.35. The second-order valence-electron chi connectivity index (χ2n) is 4.99. The Bertz CT molecular complexity index is 875. The predicted molar refractivity (Wildman–Crippen MR) is 91.1 cm³/mol. The first-order valence-corrected chi connectivity index (χ1v) is 7.57. The number of nitrogens with one attached hydrogen (secondary N) is 1. The van der Waals surface area contributed by atoms with E-state index in [0.717, 1.165) is 5.56 Å². The van der Waals surface area contributed by atoms with Crippen LogP contribution in [0.3, 0.4) is 0 Å². The molecule has 4 nitrogen and oxygen atoms in total. The SMILES string of the molecule is Cc1cccc(NC(=O)c2coc(-c3ccc(Cl)c(Cl)c3)n2)c1. The van der Waals surface area contributed by atoms with Gasteiger partial charge in [-0.3, -0.25) is 4.79 Å². The zero-order chi connectivity index (χ0) is 16.4. The van der Waals surface area contributed by atoms with Crippen molar-refractivity contribution in [2.45, 2.75) is 6.92 Å². The van der Waals surface area contributed by atoms with Gasteiger partial charge in [0.1, 0.15) is 6.26 Å². The molecule has 0 spiro atoms. The van der Waals surface area contributed by atoms with E-state index in [-0.39, 0.29) is 11.6 Å². The molecule has 0 radical (unpaired) electrons. The van der Waals surface area contributed by atoms with Crippen molar-refractivity contribution in [3.8, 4) is 11.5 Å². The second kappa shape index (κ2) is 6.44. The number of amides is 1. The van der Waals surface area contributed by atoms with E-state index in [1.54, 1.807) is 18.2 Å². The number of carbonyl (C=O) groups excluding carboxylic acids is 1. The number of halogens is 2. The number of benzene rings is 2. The summed E-state index contributed by atoms with van der Waals surface area (Å²) in [4.78, 5) is 16.4. The molecule has 0 aliphatic carbocycles. The van der Waals surface area contributed by atoms with Crippen molar-refractivity contribution in [3.63, 3.8) is 0 Å². The first kappa shape index (κ1) is 15.6. The summed E-state index contributed by atoms with van der Waals surface area (Å²) in [5.74, 6) is -0.0383. The number of hydrogen-bond acceptors (Lipinski definition) is 3. The quantitative estimate of drug-likeness (QED) is 0.708. The van der Waals surface area contributed by atoms with Crippen molar-refractivity contribution in [3.05, 3.63) is 70.0 Å². The van der Waals surface area contributed by atoms with Crippen LogP contribution < -0.4 is 5.32 Å². The summed E-state index contributed by atoms with van der Waals surface area (Å²) in [6, 6.07) is 12.5. The van der Waals surface area contributed by atoms with Crippen molar-refractivity contribution in [2.24, 2.45) is 0 Å². The zero-order valence-electron chi connectivity index (χ0n) is 12.1. The summed E-state index contributed by atoms with van der Waals surface area (Å²) in [6.45, 7) is 1.95. The van der Waals surface area contributed by atoms with Crippen molar-refractivity contribution in [1.82, 2.24) is 4.98 Å². The molecule has 1 aromatic heterocycles. The van der Waals surface area contributed by atoms with Crippen LogP contribution >= 0.6 is 23.2 Å². The average molecular weight is 347 g/mol. The average Bonchev–Trinajstić information content (AvgIpc) is 3.00. The minimum absolute atomic E-state index is 0.188. The zero-order valence-corrected chi connectivity index (χ0v) is 13.7. The fourth-order valence-corrected chi connectivity index (χ4v) is 2.36. The van der Waals surface area contributed by atoms with E-state index in [1.165, 1.54) is 6.26 Å². The first-order chi connectivity index (χ1) is 11.0. The van der Waals surface area contributed by atoms with E-state index in [0.29, 0.717) is 27.2 Å². The van der Waals surface area contributed by atoms with Crippen molar-refractivity contribution in [2.75, 3.05) is 5.32 Å². The van der Waals surface area contributed by atoms with Gasteiger partial charge in [0.15, 0.2) is 5.69 Å². The number of nitrogens with zero attached hydrogens (tertiary/aromatic N) is 1. The number of rotatable bonds is 3. The van der Waals surface area contributed by atoms with E-state index in [4.69, 9.17) is 27.6 Å². The Balaban J connectivity index is 1.81. The number of aryl methyl sites for hydroxylation is 1. The van der Waals surface area contributed by atoms with Crippen LogP contribution in [0.25, 0.3) is 11.5 Å². The predicted octanol–water partition coefficient (Wildman–Crippen LogP) is 5.21. The topological polar surface area (TPSA) is 55.1 Å². The Morgan fingerprint density at radius 1 is 1.13 bits per heavy atom. The van der Waals surface area contributed by atoms with Gasteiger partial charge in [0.05, 0.1) is 10.0 Å². The third-order valence-corrected chi connectivity index (χ3v) is 3.92. The molecule has 3 aromatic rings. The summed E-state index contributed by atoms with van der Waals surface area (Å²) in [6.07, 6.45) is 1.31. The smallest absolute Gasteiger partial charge is 0.277 e. The van der Waals surface area contributed by atoms with Gasteiger partial charge in [-0.2, -0.15) is 0 Å². The molecule has 23 heavy (non-hydrogen) atoms. The molecule has 0 unspecified atom stereocenters. The molecule has 1 heterocycles. The molecule has 0 fully saturated rings. The molecule has 2 aromatic carbocycles. The van der Waals surface area contributed by atoms with Crippen molar-refractivity contribution >= 4 is 34.8 Å². The summed E-state index contributed by atoms with van der Waals surface area (Å²) >= 11 is 11.9.